The number of rotatable bonds is 5. The Bertz CT molecular complexity index is 441. The quantitative estimate of drug-likeness (QED) is 0.774. The van der Waals surface area contributed by atoms with Crippen molar-refractivity contribution in [3.63, 3.8) is 0 Å². The minimum absolute atomic E-state index is 0.176. The Morgan fingerprint density at radius 3 is 2.00 bits per heavy atom. The zero-order chi connectivity index (χ0) is 15.0. The van der Waals surface area contributed by atoms with Crippen LogP contribution in [0.15, 0.2) is 24.3 Å². The molecule has 0 bridgehead atoms. The molecule has 0 aromatic heterocycles. The molecule has 6 heteroatoms. The Morgan fingerprint density at radius 2 is 1.55 bits per heavy atom. The van der Waals surface area contributed by atoms with Gasteiger partial charge in [0.15, 0.2) is 0 Å². The van der Waals surface area contributed by atoms with Gasteiger partial charge in [0.2, 0.25) is 0 Å². The second-order valence-corrected chi connectivity index (χ2v) is 4.31. The van der Waals surface area contributed by atoms with Gasteiger partial charge in [-0.3, -0.25) is 5.32 Å². The molecule has 20 heavy (non-hydrogen) atoms. The van der Waals surface area contributed by atoms with Gasteiger partial charge in [0.1, 0.15) is 0 Å². The number of anilines is 2. The molecule has 0 saturated heterocycles. The molecule has 3 amide bonds. The Balaban J connectivity index is 2.52. The Kier molecular flexibility index (Phi) is 6.36. The first-order valence-corrected chi connectivity index (χ1v) is 6.61. The Labute approximate surface area is 118 Å². The summed E-state index contributed by atoms with van der Waals surface area (Å²) in [5, 5.41) is 8.16. The second kappa shape index (κ2) is 8.04. The monoisotopic (exact) mass is 279 g/mol. The molecule has 0 aliphatic rings. The molecule has 0 unspecified atom stereocenters. The molecule has 6 nitrogen and oxygen atoms in total. The minimum Gasteiger partial charge on any atom is -0.453 e. The molecule has 0 atom stereocenters. The van der Waals surface area contributed by atoms with E-state index in [1.165, 1.54) is 7.11 Å². The molecule has 1 rings (SSSR count). The molecule has 0 aliphatic heterocycles. The SMILES string of the molecule is CCC(CC)NC(=O)Nc1ccc(NC(=O)OC)cc1. The summed E-state index contributed by atoms with van der Waals surface area (Å²) in [6.45, 7) is 4.06. The maximum Gasteiger partial charge on any atom is 0.411 e. The van der Waals surface area contributed by atoms with Crippen LogP contribution in [0.25, 0.3) is 0 Å². The van der Waals surface area contributed by atoms with E-state index in [1.54, 1.807) is 24.3 Å². The van der Waals surface area contributed by atoms with E-state index in [-0.39, 0.29) is 12.1 Å². The van der Waals surface area contributed by atoms with E-state index in [2.05, 4.69) is 20.7 Å². The summed E-state index contributed by atoms with van der Waals surface area (Å²) >= 11 is 0. The van der Waals surface area contributed by atoms with Gasteiger partial charge in [-0.2, -0.15) is 0 Å². The van der Waals surface area contributed by atoms with Gasteiger partial charge >= 0.3 is 12.1 Å². The molecule has 0 radical (unpaired) electrons. The number of carbonyl (C=O) groups excluding carboxylic acids is 2. The third-order valence-corrected chi connectivity index (χ3v) is 2.90. The summed E-state index contributed by atoms with van der Waals surface area (Å²) in [7, 11) is 1.30. The summed E-state index contributed by atoms with van der Waals surface area (Å²) in [5.41, 5.74) is 1.26. The van der Waals surface area contributed by atoms with Crippen LogP contribution in [-0.4, -0.2) is 25.3 Å². The molecule has 0 fully saturated rings. The zero-order valence-corrected chi connectivity index (χ0v) is 12.0. The maximum absolute atomic E-state index is 11.7. The number of hydrogen-bond acceptors (Lipinski definition) is 3. The lowest BCUT2D eigenvalue weighted by Crippen LogP contribution is -2.37. The molecular formula is C14H21N3O3. The normalized spacial score (nSPS) is 10.0. The lowest BCUT2D eigenvalue weighted by Gasteiger charge is -2.15. The van der Waals surface area contributed by atoms with Crippen LogP contribution in [0, 0.1) is 0 Å². The molecule has 0 heterocycles. The van der Waals surface area contributed by atoms with Gasteiger partial charge in [-0.25, -0.2) is 9.59 Å². The van der Waals surface area contributed by atoms with Crippen LogP contribution >= 0.6 is 0 Å². The van der Waals surface area contributed by atoms with Crippen LogP contribution in [0.2, 0.25) is 0 Å². The lowest BCUT2D eigenvalue weighted by atomic mass is 10.2. The highest BCUT2D eigenvalue weighted by Gasteiger charge is 2.08. The number of methoxy groups -OCH3 is 1. The molecule has 1 aromatic rings. The van der Waals surface area contributed by atoms with Crippen molar-refractivity contribution in [1.82, 2.24) is 5.32 Å². The van der Waals surface area contributed by atoms with Crippen LogP contribution in [0.5, 0.6) is 0 Å². The third-order valence-electron chi connectivity index (χ3n) is 2.90. The minimum atomic E-state index is -0.530. The van der Waals surface area contributed by atoms with Crippen molar-refractivity contribution in [3.8, 4) is 0 Å². The van der Waals surface area contributed by atoms with E-state index < -0.39 is 6.09 Å². The largest absolute Gasteiger partial charge is 0.453 e. The Hall–Kier alpha value is -2.24. The number of urea groups is 1. The number of carbonyl (C=O) groups is 2. The van der Waals surface area contributed by atoms with Crippen molar-refractivity contribution in [2.45, 2.75) is 32.7 Å². The lowest BCUT2D eigenvalue weighted by molar-refractivity contribution is 0.187. The molecule has 3 N–H and O–H groups in total. The van der Waals surface area contributed by atoms with Gasteiger partial charge in [-0.15, -0.1) is 0 Å². The molecular weight excluding hydrogens is 258 g/mol. The number of amides is 3. The van der Waals surface area contributed by atoms with Gasteiger partial charge in [-0.1, -0.05) is 13.8 Å². The molecule has 0 saturated carbocycles. The van der Waals surface area contributed by atoms with Gasteiger partial charge in [-0.05, 0) is 37.1 Å². The highest BCUT2D eigenvalue weighted by Crippen LogP contribution is 2.13. The number of nitrogens with one attached hydrogen (secondary N) is 3. The van der Waals surface area contributed by atoms with Crippen LogP contribution in [-0.2, 0) is 4.74 Å². The van der Waals surface area contributed by atoms with Crippen LogP contribution < -0.4 is 16.0 Å². The van der Waals surface area contributed by atoms with E-state index >= 15 is 0 Å². The van der Waals surface area contributed by atoms with Crippen molar-refractivity contribution in [2.75, 3.05) is 17.7 Å². The molecule has 0 aliphatic carbocycles. The topological polar surface area (TPSA) is 79.5 Å². The second-order valence-electron chi connectivity index (χ2n) is 4.31. The summed E-state index contributed by atoms with van der Waals surface area (Å²) in [6.07, 6.45) is 1.26. The van der Waals surface area contributed by atoms with Crippen molar-refractivity contribution in [3.05, 3.63) is 24.3 Å². The van der Waals surface area contributed by atoms with Gasteiger partial charge < -0.3 is 15.4 Å². The van der Waals surface area contributed by atoms with Crippen LogP contribution in [0.3, 0.4) is 0 Å². The first kappa shape index (κ1) is 15.8. The molecule has 1 aromatic carbocycles. The van der Waals surface area contributed by atoms with Gasteiger partial charge in [0.25, 0.3) is 0 Å². The molecule has 110 valence electrons. The van der Waals surface area contributed by atoms with Gasteiger partial charge in [0.05, 0.1) is 7.11 Å². The zero-order valence-electron chi connectivity index (χ0n) is 12.0. The number of hydrogen-bond donors (Lipinski definition) is 3. The highest BCUT2D eigenvalue weighted by atomic mass is 16.5. The maximum atomic E-state index is 11.7. The predicted octanol–water partition coefficient (Wildman–Crippen LogP) is 3.18. The first-order valence-electron chi connectivity index (χ1n) is 6.61. The average molecular weight is 279 g/mol. The fourth-order valence-corrected chi connectivity index (χ4v) is 1.65. The smallest absolute Gasteiger partial charge is 0.411 e. The van der Waals surface area contributed by atoms with Crippen molar-refractivity contribution in [1.29, 1.82) is 0 Å². The highest BCUT2D eigenvalue weighted by molar-refractivity contribution is 5.90. The van der Waals surface area contributed by atoms with E-state index in [0.29, 0.717) is 11.4 Å². The summed E-state index contributed by atoms with van der Waals surface area (Å²) in [4.78, 5) is 22.8. The van der Waals surface area contributed by atoms with E-state index in [4.69, 9.17) is 0 Å². The number of benzene rings is 1. The molecule has 0 spiro atoms. The fourth-order valence-electron chi connectivity index (χ4n) is 1.65. The summed E-state index contributed by atoms with van der Waals surface area (Å²) in [6, 6.07) is 6.73. The first-order chi connectivity index (χ1) is 9.58. The van der Waals surface area contributed by atoms with Crippen molar-refractivity contribution in [2.24, 2.45) is 0 Å². The van der Waals surface area contributed by atoms with E-state index in [1.807, 2.05) is 13.8 Å². The van der Waals surface area contributed by atoms with Gasteiger partial charge in [0, 0.05) is 17.4 Å². The predicted molar refractivity (Wildman–Crippen MR) is 79.0 cm³/mol. The number of ether oxygens (including phenoxy) is 1. The fraction of sp³-hybridized carbons (Fsp3) is 0.429. The average Bonchev–Trinajstić information content (AvgIpc) is 2.46. The van der Waals surface area contributed by atoms with Crippen LogP contribution in [0.4, 0.5) is 21.0 Å². The van der Waals surface area contributed by atoms with Crippen LogP contribution in [0.1, 0.15) is 26.7 Å². The van der Waals surface area contributed by atoms with E-state index in [9.17, 15) is 9.59 Å². The van der Waals surface area contributed by atoms with Crippen molar-refractivity contribution >= 4 is 23.5 Å². The summed E-state index contributed by atoms with van der Waals surface area (Å²) in [5.74, 6) is 0. The van der Waals surface area contributed by atoms with Crippen molar-refractivity contribution < 1.29 is 14.3 Å². The Morgan fingerprint density at radius 1 is 1.05 bits per heavy atom. The third kappa shape index (κ3) is 5.17. The van der Waals surface area contributed by atoms with E-state index in [0.717, 1.165) is 12.8 Å². The standard InChI is InChI=1S/C14H21N3O3/c1-4-10(5-2)15-13(18)16-11-6-8-12(9-7-11)17-14(19)20-3/h6-10H,4-5H2,1-3H3,(H,17,19)(H2,15,16,18). The summed E-state index contributed by atoms with van der Waals surface area (Å²) < 4.78 is 4.49.